The molecule has 2 aromatic rings. The maximum atomic E-state index is 10.8. The summed E-state index contributed by atoms with van der Waals surface area (Å²) < 4.78 is 2.02. The van der Waals surface area contributed by atoms with Gasteiger partial charge in [0.25, 0.3) is 0 Å². The van der Waals surface area contributed by atoms with Gasteiger partial charge in [0.2, 0.25) is 5.88 Å². The first-order valence-corrected chi connectivity index (χ1v) is 6.47. The molecule has 0 unspecified atom stereocenters. The number of nitrogens with zero attached hydrogens (tertiary/aromatic N) is 2. The lowest BCUT2D eigenvalue weighted by Gasteiger charge is -1.96. The summed E-state index contributed by atoms with van der Waals surface area (Å²) in [5.41, 5.74) is 0.667. The van der Waals surface area contributed by atoms with Crippen molar-refractivity contribution < 1.29 is 15.0 Å². The van der Waals surface area contributed by atoms with Crippen LogP contribution in [0.25, 0.3) is 0 Å². The number of carbonyl (C=O) groups is 1. The van der Waals surface area contributed by atoms with E-state index in [9.17, 15) is 9.90 Å². The first-order chi connectivity index (χ1) is 8.99. The summed E-state index contributed by atoms with van der Waals surface area (Å²) in [5, 5.41) is 18.6. The van der Waals surface area contributed by atoms with Gasteiger partial charge in [0.1, 0.15) is 4.88 Å². The lowest BCUT2D eigenvalue weighted by Crippen LogP contribution is -1.94. The molecule has 0 aliphatic rings. The standard InChI is InChI=1S/C12H10N2O3S2/c1-14-10(15)9(19-12(14)18)6-13-8-4-2-3-7(5-8)11(16)17/h2-6,15H,1H3,(H,16,17). The maximum absolute atomic E-state index is 10.8. The van der Waals surface area contributed by atoms with E-state index < -0.39 is 5.97 Å². The zero-order valence-electron chi connectivity index (χ0n) is 9.90. The molecule has 7 heteroatoms. The third-order valence-electron chi connectivity index (χ3n) is 2.43. The van der Waals surface area contributed by atoms with Crippen LogP contribution in [-0.2, 0) is 7.05 Å². The number of aliphatic imine (C=N–C) groups is 1. The van der Waals surface area contributed by atoms with E-state index >= 15 is 0 Å². The highest BCUT2D eigenvalue weighted by atomic mass is 32.1. The van der Waals surface area contributed by atoms with Crippen molar-refractivity contribution in [2.75, 3.05) is 0 Å². The number of aromatic carboxylic acids is 1. The molecule has 2 rings (SSSR count). The van der Waals surface area contributed by atoms with Crippen molar-refractivity contribution in [1.29, 1.82) is 0 Å². The van der Waals surface area contributed by atoms with Gasteiger partial charge >= 0.3 is 5.97 Å². The predicted octanol–water partition coefficient (Wildman–Crippen LogP) is 2.97. The molecule has 5 nitrogen and oxygen atoms in total. The topological polar surface area (TPSA) is 74.8 Å². The van der Waals surface area contributed by atoms with Gasteiger partial charge in [-0.25, -0.2) is 4.79 Å². The van der Waals surface area contributed by atoms with E-state index in [2.05, 4.69) is 4.99 Å². The maximum Gasteiger partial charge on any atom is 0.335 e. The minimum absolute atomic E-state index is 0.0492. The van der Waals surface area contributed by atoms with Crippen molar-refractivity contribution in [2.24, 2.45) is 12.0 Å². The summed E-state index contributed by atoms with van der Waals surface area (Å²) in [6.45, 7) is 0. The third-order valence-corrected chi connectivity index (χ3v) is 3.91. The van der Waals surface area contributed by atoms with Crippen LogP contribution in [0.5, 0.6) is 5.88 Å². The fourth-order valence-electron chi connectivity index (χ4n) is 1.40. The van der Waals surface area contributed by atoms with Gasteiger partial charge in [-0.1, -0.05) is 17.4 Å². The molecule has 0 fully saturated rings. The lowest BCUT2D eigenvalue weighted by molar-refractivity contribution is 0.0697. The Morgan fingerprint density at radius 1 is 1.53 bits per heavy atom. The fraction of sp³-hybridized carbons (Fsp3) is 0.0833. The van der Waals surface area contributed by atoms with Crippen LogP contribution in [0.4, 0.5) is 5.69 Å². The summed E-state index contributed by atoms with van der Waals surface area (Å²) in [5.74, 6) is -0.955. The van der Waals surface area contributed by atoms with Crippen molar-refractivity contribution in [1.82, 2.24) is 4.57 Å². The highest BCUT2D eigenvalue weighted by molar-refractivity contribution is 7.73. The SMILES string of the molecule is Cn1c(O)c(C=Nc2cccc(C(=O)O)c2)sc1=S. The minimum atomic E-state index is -1.00. The smallest absolute Gasteiger partial charge is 0.335 e. The Bertz CT molecular complexity index is 716. The Balaban J connectivity index is 2.32. The van der Waals surface area contributed by atoms with Crippen molar-refractivity contribution in [3.8, 4) is 5.88 Å². The Morgan fingerprint density at radius 2 is 2.26 bits per heavy atom. The van der Waals surface area contributed by atoms with Crippen LogP contribution in [-0.4, -0.2) is 27.0 Å². The first-order valence-electron chi connectivity index (χ1n) is 5.25. The average molecular weight is 294 g/mol. The molecule has 0 saturated heterocycles. The molecule has 1 heterocycles. The summed E-state index contributed by atoms with van der Waals surface area (Å²) in [6.07, 6.45) is 1.47. The van der Waals surface area contributed by atoms with Crippen LogP contribution in [0.15, 0.2) is 29.3 Å². The van der Waals surface area contributed by atoms with E-state index in [-0.39, 0.29) is 11.4 Å². The fourth-order valence-corrected chi connectivity index (χ4v) is 2.50. The molecular formula is C12H10N2O3S2. The Morgan fingerprint density at radius 3 is 2.84 bits per heavy atom. The number of rotatable bonds is 3. The molecule has 0 saturated carbocycles. The average Bonchev–Trinajstić information content (AvgIpc) is 2.64. The number of hydrogen-bond donors (Lipinski definition) is 2. The van der Waals surface area contributed by atoms with E-state index in [1.165, 1.54) is 34.3 Å². The molecule has 0 aliphatic carbocycles. The molecule has 0 bridgehead atoms. The van der Waals surface area contributed by atoms with Gasteiger partial charge in [-0.05, 0) is 30.4 Å². The van der Waals surface area contributed by atoms with Crippen LogP contribution in [0.1, 0.15) is 15.2 Å². The summed E-state index contributed by atoms with van der Waals surface area (Å²) >= 11 is 6.26. The summed E-state index contributed by atoms with van der Waals surface area (Å²) in [6, 6.07) is 6.24. The number of aromatic nitrogens is 1. The Hall–Kier alpha value is -1.99. The highest BCUT2D eigenvalue weighted by Gasteiger charge is 2.06. The van der Waals surface area contributed by atoms with Crippen LogP contribution in [0, 0.1) is 3.95 Å². The highest BCUT2D eigenvalue weighted by Crippen LogP contribution is 2.23. The third kappa shape index (κ3) is 2.88. The van der Waals surface area contributed by atoms with E-state index in [0.29, 0.717) is 14.5 Å². The number of hydrogen-bond acceptors (Lipinski definition) is 5. The molecule has 98 valence electrons. The van der Waals surface area contributed by atoms with E-state index in [4.69, 9.17) is 17.3 Å². The van der Waals surface area contributed by atoms with Gasteiger partial charge in [0.05, 0.1) is 17.5 Å². The minimum Gasteiger partial charge on any atom is -0.493 e. The van der Waals surface area contributed by atoms with Crippen LogP contribution >= 0.6 is 23.6 Å². The molecule has 19 heavy (non-hydrogen) atoms. The summed E-state index contributed by atoms with van der Waals surface area (Å²) in [7, 11) is 1.66. The molecule has 2 N–H and O–H groups in total. The largest absolute Gasteiger partial charge is 0.493 e. The van der Waals surface area contributed by atoms with Crippen LogP contribution in [0.3, 0.4) is 0 Å². The van der Waals surface area contributed by atoms with Gasteiger partial charge in [-0.3, -0.25) is 9.56 Å². The molecule has 0 aliphatic heterocycles. The number of thiazole rings is 1. The molecule has 1 aromatic carbocycles. The molecular weight excluding hydrogens is 284 g/mol. The monoisotopic (exact) mass is 294 g/mol. The van der Waals surface area contributed by atoms with E-state index in [1.807, 2.05) is 0 Å². The summed E-state index contributed by atoms with van der Waals surface area (Å²) in [4.78, 5) is 15.5. The second-order valence-electron chi connectivity index (χ2n) is 3.73. The van der Waals surface area contributed by atoms with Crippen molar-refractivity contribution in [3.63, 3.8) is 0 Å². The van der Waals surface area contributed by atoms with Crippen molar-refractivity contribution in [3.05, 3.63) is 38.7 Å². The van der Waals surface area contributed by atoms with Crippen molar-refractivity contribution in [2.45, 2.75) is 0 Å². The second kappa shape index (κ2) is 5.33. The second-order valence-corrected chi connectivity index (χ2v) is 5.40. The number of aromatic hydroxyl groups is 1. The Kier molecular flexibility index (Phi) is 3.77. The van der Waals surface area contributed by atoms with Gasteiger partial charge in [-0.15, -0.1) is 0 Å². The van der Waals surface area contributed by atoms with Gasteiger partial charge < -0.3 is 10.2 Å². The molecule has 0 amide bonds. The van der Waals surface area contributed by atoms with Gasteiger partial charge in [0, 0.05) is 7.05 Å². The zero-order valence-corrected chi connectivity index (χ0v) is 11.5. The molecule has 0 atom stereocenters. The predicted molar refractivity (Wildman–Crippen MR) is 76.4 cm³/mol. The van der Waals surface area contributed by atoms with Gasteiger partial charge in [-0.2, -0.15) is 0 Å². The van der Waals surface area contributed by atoms with Crippen LogP contribution < -0.4 is 0 Å². The van der Waals surface area contributed by atoms with Crippen LogP contribution in [0.2, 0.25) is 0 Å². The van der Waals surface area contributed by atoms with Crippen molar-refractivity contribution >= 4 is 41.4 Å². The lowest BCUT2D eigenvalue weighted by atomic mass is 10.2. The first kappa shape index (κ1) is 13.4. The zero-order chi connectivity index (χ0) is 14.0. The number of carboxylic acids is 1. The number of carboxylic acid groups (broad SMARTS) is 1. The molecule has 0 radical (unpaired) electrons. The normalized spacial score (nSPS) is 11.0. The molecule has 1 aromatic heterocycles. The van der Waals surface area contributed by atoms with Gasteiger partial charge in [0.15, 0.2) is 3.95 Å². The van der Waals surface area contributed by atoms with E-state index in [1.54, 1.807) is 19.2 Å². The number of benzene rings is 1. The molecule has 0 spiro atoms. The Labute approximate surface area is 118 Å². The van der Waals surface area contributed by atoms with E-state index in [0.717, 1.165) is 0 Å². The quantitative estimate of drug-likeness (QED) is 0.674.